The lowest BCUT2D eigenvalue weighted by molar-refractivity contribution is -0.133. The monoisotopic (exact) mass is 310 g/mol. The number of rotatable bonds is 3. The third kappa shape index (κ3) is 3.06. The molecule has 3 nitrogen and oxygen atoms in total. The van der Waals surface area contributed by atoms with Gasteiger partial charge in [0, 0.05) is 16.9 Å². The van der Waals surface area contributed by atoms with Crippen molar-refractivity contribution in [2.45, 2.75) is 25.9 Å². The van der Waals surface area contributed by atoms with Crippen molar-refractivity contribution in [1.29, 1.82) is 0 Å². The second-order valence-electron chi connectivity index (χ2n) is 4.95. The lowest BCUT2D eigenvalue weighted by atomic mass is 10.1. The van der Waals surface area contributed by atoms with Crippen LogP contribution in [0.2, 0.25) is 5.02 Å². The number of hydrogen-bond donors (Lipinski definition) is 0. The molecule has 0 bridgehead atoms. The normalized spacial score (nSPS) is 21.7. The van der Waals surface area contributed by atoms with E-state index in [2.05, 4.69) is 18.6 Å². The third-order valence-electron chi connectivity index (χ3n) is 3.59. The van der Waals surface area contributed by atoms with Gasteiger partial charge in [0.1, 0.15) is 6.17 Å². The molecule has 0 radical (unpaired) electrons. The van der Waals surface area contributed by atoms with E-state index in [1.54, 1.807) is 0 Å². The molecule has 1 aliphatic rings. The van der Waals surface area contributed by atoms with Crippen molar-refractivity contribution in [1.82, 2.24) is 9.80 Å². The summed E-state index contributed by atoms with van der Waals surface area (Å²) in [6, 6.07) is 7.78. The highest BCUT2D eigenvalue weighted by Crippen LogP contribution is 2.32. The highest BCUT2D eigenvalue weighted by molar-refractivity contribution is 7.39. The van der Waals surface area contributed by atoms with Crippen LogP contribution in [0.5, 0.6) is 0 Å². The van der Waals surface area contributed by atoms with Gasteiger partial charge in [0.2, 0.25) is 5.91 Å². The molecular weight excluding hydrogens is 291 g/mol. The Labute approximate surface area is 127 Å². The molecule has 1 aromatic carbocycles. The molecule has 1 saturated heterocycles. The Morgan fingerprint density at radius 2 is 2.05 bits per heavy atom. The van der Waals surface area contributed by atoms with E-state index in [9.17, 15) is 4.79 Å². The molecule has 108 valence electrons. The maximum Gasteiger partial charge on any atom is 0.224 e. The number of benzene rings is 1. The predicted molar refractivity (Wildman–Crippen MR) is 86.4 cm³/mol. The van der Waals surface area contributed by atoms with Gasteiger partial charge >= 0.3 is 0 Å². The van der Waals surface area contributed by atoms with E-state index in [1.807, 2.05) is 36.1 Å². The predicted octanol–water partition coefficient (Wildman–Crippen LogP) is 3.62. The zero-order valence-electron chi connectivity index (χ0n) is 12.1. The van der Waals surface area contributed by atoms with Crippen molar-refractivity contribution in [2.75, 3.05) is 20.3 Å². The van der Waals surface area contributed by atoms with Crippen LogP contribution in [-0.2, 0) is 4.79 Å². The van der Waals surface area contributed by atoms with Crippen molar-refractivity contribution < 1.29 is 4.79 Å². The van der Waals surface area contributed by atoms with E-state index in [0.29, 0.717) is 6.42 Å². The summed E-state index contributed by atoms with van der Waals surface area (Å²) in [6.45, 7) is 4.87. The van der Waals surface area contributed by atoms with Crippen LogP contribution < -0.4 is 0 Å². The average molecular weight is 311 g/mol. The van der Waals surface area contributed by atoms with Crippen LogP contribution in [-0.4, -0.2) is 41.4 Å². The topological polar surface area (TPSA) is 23.6 Å². The summed E-state index contributed by atoms with van der Waals surface area (Å²) in [6.07, 6.45) is 1.48. The minimum atomic E-state index is -0.00577. The van der Waals surface area contributed by atoms with E-state index in [1.165, 1.54) is 13.6 Å². The summed E-state index contributed by atoms with van der Waals surface area (Å²) in [5.41, 5.74) is 2.38. The molecule has 0 spiro atoms. The Morgan fingerprint density at radius 1 is 1.40 bits per heavy atom. The third-order valence-corrected chi connectivity index (χ3v) is 4.82. The fourth-order valence-corrected chi connectivity index (χ4v) is 3.39. The minimum absolute atomic E-state index is 0.00577. The van der Waals surface area contributed by atoms with Gasteiger partial charge in [-0.25, -0.2) is 0 Å². The van der Waals surface area contributed by atoms with E-state index in [-0.39, 0.29) is 12.1 Å². The van der Waals surface area contributed by atoms with Crippen LogP contribution in [0.15, 0.2) is 24.3 Å². The first-order valence-corrected chi connectivity index (χ1v) is 8.53. The van der Waals surface area contributed by atoms with Crippen LogP contribution in [0.1, 0.15) is 31.5 Å². The van der Waals surface area contributed by atoms with Gasteiger partial charge in [-0.05, 0) is 37.8 Å². The average Bonchev–Trinajstić information content (AvgIpc) is 2.77. The van der Waals surface area contributed by atoms with Crippen LogP contribution >= 0.6 is 19.8 Å². The summed E-state index contributed by atoms with van der Waals surface area (Å²) in [5, 5.41) is 0.721. The van der Waals surface area contributed by atoms with Gasteiger partial charge in [-0.2, -0.15) is 0 Å². The molecule has 20 heavy (non-hydrogen) atoms. The van der Waals surface area contributed by atoms with Gasteiger partial charge < -0.3 is 4.90 Å². The van der Waals surface area contributed by atoms with Crippen molar-refractivity contribution >= 4 is 31.1 Å². The highest BCUT2D eigenvalue weighted by atomic mass is 35.5. The van der Waals surface area contributed by atoms with Crippen molar-refractivity contribution in [3.8, 4) is 0 Å². The molecule has 1 fully saturated rings. The van der Waals surface area contributed by atoms with Crippen molar-refractivity contribution in [2.24, 2.45) is 0 Å². The van der Waals surface area contributed by atoms with Crippen molar-refractivity contribution in [3.63, 3.8) is 0 Å². The summed E-state index contributed by atoms with van der Waals surface area (Å²) < 4.78 is 0. The molecule has 0 saturated carbocycles. The van der Waals surface area contributed by atoms with Gasteiger partial charge in [-0.1, -0.05) is 38.9 Å². The largest absolute Gasteiger partial charge is 0.317 e. The summed E-state index contributed by atoms with van der Waals surface area (Å²) >= 11 is 5.96. The number of carbonyl (C=O) groups excluding carboxylic acids is 1. The fraction of sp³-hybridized carbons (Fsp3) is 0.467. The molecule has 1 amide bonds. The van der Waals surface area contributed by atoms with Crippen molar-refractivity contribution in [3.05, 3.63) is 34.9 Å². The number of halogens is 1. The number of likely N-dealkylation sites (N-methyl/N-ethyl adjacent to an activating group) is 1. The Kier molecular flexibility index (Phi) is 5.20. The quantitative estimate of drug-likeness (QED) is 0.796. The second-order valence-corrected chi connectivity index (χ2v) is 6.35. The zero-order chi connectivity index (χ0) is 14.7. The first kappa shape index (κ1) is 15.5. The van der Waals surface area contributed by atoms with E-state index >= 15 is 0 Å². The van der Waals surface area contributed by atoms with Crippen LogP contribution in [0.4, 0.5) is 0 Å². The number of hydrogen-bond acceptors (Lipinski definition) is 1. The smallest absolute Gasteiger partial charge is 0.224 e. The molecule has 2 rings (SSSR count). The molecule has 1 atom stereocenters. The van der Waals surface area contributed by atoms with Gasteiger partial charge in [-0.15, -0.1) is 0 Å². The van der Waals surface area contributed by atoms with Crippen LogP contribution in [0, 0.1) is 0 Å². The lowest BCUT2D eigenvalue weighted by Gasteiger charge is -2.28. The number of carbonyl (C=O) groups is 1. The van der Waals surface area contributed by atoms with E-state index in [4.69, 9.17) is 11.6 Å². The first-order chi connectivity index (χ1) is 9.58. The molecule has 0 aliphatic carbocycles. The Morgan fingerprint density at radius 3 is 2.60 bits per heavy atom. The fourth-order valence-electron chi connectivity index (χ4n) is 2.55. The second kappa shape index (κ2) is 6.71. The Balaban J connectivity index is 2.34. The lowest BCUT2D eigenvalue weighted by Crippen LogP contribution is -2.33. The van der Waals surface area contributed by atoms with Gasteiger partial charge in [-0.3, -0.25) is 9.69 Å². The molecule has 5 heteroatoms. The Hall–Kier alpha value is -0.890. The standard InChI is InChI=1S/C15H20ClN2OP/c1-4-5-13(19)18-10-14(20-3)17(2)15(18)11-6-8-12(16)9-7-11/h6-9,15H,4-5,10H2,1-3H3. The molecule has 1 unspecified atom stereocenters. The SMILES string of the molecule is CCCC(=O)N1CC(=PC)N(C)C1c1ccc(Cl)cc1. The van der Waals surface area contributed by atoms with Crippen LogP contribution in [0.3, 0.4) is 0 Å². The molecule has 0 aromatic heterocycles. The summed E-state index contributed by atoms with van der Waals surface area (Å²) in [4.78, 5) is 16.5. The van der Waals surface area contributed by atoms with Gasteiger partial charge in [0.05, 0.1) is 6.54 Å². The summed E-state index contributed by atoms with van der Waals surface area (Å²) in [7, 11) is 3.27. The minimum Gasteiger partial charge on any atom is -0.317 e. The maximum atomic E-state index is 12.4. The molecule has 1 aromatic rings. The van der Waals surface area contributed by atoms with E-state index < -0.39 is 0 Å². The molecule has 1 heterocycles. The summed E-state index contributed by atoms with van der Waals surface area (Å²) in [5.74, 6) is 0.220. The molecule has 0 N–H and O–H groups in total. The highest BCUT2D eigenvalue weighted by Gasteiger charge is 2.36. The zero-order valence-corrected chi connectivity index (χ0v) is 13.8. The first-order valence-electron chi connectivity index (χ1n) is 6.82. The number of nitrogens with zero attached hydrogens (tertiary/aromatic N) is 2. The molecule has 1 aliphatic heterocycles. The van der Waals surface area contributed by atoms with Crippen LogP contribution in [0.25, 0.3) is 0 Å². The maximum absolute atomic E-state index is 12.4. The van der Waals surface area contributed by atoms with Gasteiger partial charge in [0.25, 0.3) is 0 Å². The Bertz CT molecular complexity index is 515. The van der Waals surface area contributed by atoms with E-state index in [0.717, 1.165) is 23.6 Å². The number of amides is 1. The van der Waals surface area contributed by atoms with Gasteiger partial charge in [0.15, 0.2) is 0 Å². The molecular formula is C15H20ClN2OP.